The Morgan fingerprint density at radius 1 is 1.53 bits per heavy atom. The van der Waals surface area contributed by atoms with Crippen LogP contribution >= 0.6 is 0 Å². The largest absolute Gasteiger partial charge is 0.481 e. The average molecular weight is 266 g/mol. The van der Waals surface area contributed by atoms with Crippen molar-refractivity contribution in [1.82, 2.24) is 9.55 Å². The molecule has 19 heavy (non-hydrogen) atoms. The Bertz CT molecular complexity index is 544. The van der Waals surface area contributed by atoms with E-state index in [1.165, 1.54) is 4.57 Å². The number of hydrogen-bond donors (Lipinski definition) is 1. The summed E-state index contributed by atoms with van der Waals surface area (Å²) in [5.74, 6) is -0.921. The van der Waals surface area contributed by atoms with E-state index < -0.39 is 5.97 Å². The number of rotatable bonds is 4. The molecule has 1 aromatic rings. The molecule has 2 heterocycles. The van der Waals surface area contributed by atoms with Crippen LogP contribution in [0.1, 0.15) is 29.8 Å². The molecule has 1 aromatic heterocycles. The standard InChI is InChI=1S/C13H18N2O4/c1-8-11(6-12(16)17)9(2)15(13(18)14-8)7-10-4-3-5-19-10/h10H,3-7H2,1-2H3,(H,16,17). The van der Waals surface area contributed by atoms with E-state index in [1.54, 1.807) is 13.8 Å². The van der Waals surface area contributed by atoms with Crippen molar-refractivity contribution in [1.29, 1.82) is 0 Å². The van der Waals surface area contributed by atoms with Gasteiger partial charge in [-0.1, -0.05) is 0 Å². The second kappa shape index (κ2) is 5.52. The van der Waals surface area contributed by atoms with Gasteiger partial charge in [0.05, 0.1) is 19.1 Å². The zero-order valence-corrected chi connectivity index (χ0v) is 11.2. The molecule has 1 N–H and O–H groups in total. The van der Waals surface area contributed by atoms with Crippen LogP contribution in [0.4, 0.5) is 0 Å². The van der Waals surface area contributed by atoms with Gasteiger partial charge in [-0.2, -0.15) is 4.98 Å². The second-order valence-corrected chi connectivity index (χ2v) is 4.86. The maximum Gasteiger partial charge on any atom is 0.348 e. The Kier molecular flexibility index (Phi) is 3.99. The summed E-state index contributed by atoms with van der Waals surface area (Å²) in [7, 11) is 0. The monoisotopic (exact) mass is 266 g/mol. The first-order valence-corrected chi connectivity index (χ1v) is 6.39. The van der Waals surface area contributed by atoms with E-state index in [9.17, 15) is 9.59 Å². The predicted molar refractivity (Wildman–Crippen MR) is 68.3 cm³/mol. The van der Waals surface area contributed by atoms with Crippen molar-refractivity contribution in [3.63, 3.8) is 0 Å². The zero-order valence-electron chi connectivity index (χ0n) is 11.2. The van der Waals surface area contributed by atoms with Gasteiger partial charge in [0.15, 0.2) is 0 Å². The summed E-state index contributed by atoms with van der Waals surface area (Å²) in [5.41, 5.74) is 1.45. The van der Waals surface area contributed by atoms with Gasteiger partial charge >= 0.3 is 11.7 Å². The lowest BCUT2D eigenvalue weighted by atomic mass is 10.1. The maximum absolute atomic E-state index is 11.9. The summed E-state index contributed by atoms with van der Waals surface area (Å²) in [5, 5.41) is 8.92. The minimum absolute atomic E-state index is 0.0265. The molecule has 1 fully saturated rings. The van der Waals surface area contributed by atoms with Crippen LogP contribution < -0.4 is 5.69 Å². The molecule has 0 saturated carbocycles. The Morgan fingerprint density at radius 2 is 2.26 bits per heavy atom. The topological polar surface area (TPSA) is 81.4 Å². The van der Waals surface area contributed by atoms with E-state index in [2.05, 4.69) is 4.98 Å². The van der Waals surface area contributed by atoms with Gasteiger partial charge in [0, 0.05) is 23.6 Å². The van der Waals surface area contributed by atoms with Crippen LogP contribution in [-0.4, -0.2) is 33.3 Å². The SMILES string of the molecule is Cc1nc(=O)n(CC2CCCO2)c(C)c1CC(=O)O. The molecule has 0 amide bonds. The molecule has 0 aliphatic carbocycles. The van der Waals surface area contributed by atoms with Crippen molar-refractivity contribution >= 4 is 5.97 Å². The number of aryl methyl sites for hydroxylation is 1. The van der Waals surface area contributed by atoms with Crippen LogP contribution in [0.25, 0.3) is 0 Å². The van der Waals surface area contributed by atoms with E-state index in [0.29, 0.717) is 23.5 Å². The second-order valence-electron chi connectivity index (χ2n) is 4.86. The number of carbonyl (C=O) groups is 1. The molecule has 6 nitrogen and oxygen atoms in total. The van der Waals surface area contributed by atoms with Crippen molar-refractivity contribution in [2.24, 2.45) is 0 Å². The number of ether oxygens (including phenoxy) is 1. The van der Waals surface area contributed by atoms with Crippen LogP contribution in [0.3, 0.4) is 0 Å². The normalized spacial score (nSPS) is 18.7. The first-order valence-electron chi connectivity index (χ1n) is 6.39. The molecule has 1 saturated heterocycles. The number of nitrogens with zero attached hydrogens (tertiary/aromatic N) is 2. The fourth-order valence-corrected chi connectivity index (χ4v) is 2.45. The number of aromatic nitrogens is 2. The van der Waals surface area contributed by atoms with Crippen molar-refractivity contribution in [3.8, 4) is 0 Å². The Balaban J connectivity index is 2.36. The van der Waals surface area contributed by atoms with Crippen LogP contribution in [0.15, 0.2) is 4.79 Å². The third-order valence-corrected chi connectivity index (χ3v) is 3.51. The van der Waals surface area contributed by atoms with Crippen LogP contribution in [0.5, 0.6) is 0 Å². The van der Waals surface area contributed by atoms with Gasteiger partial charge in [0.2, 0.25) is 0 Å². The highest BCUT2D eigenvalue weighted by atomic mass is 16.5. The van der Waals surface area contributed by atoms with Gasteiger partial charge in [0.1, 0.15) is 0 Å². The highest BCUT2D eigenvalue weighted by molar-refractivity contribution is 5.70. The molecule has 6 heteroatoms. The van der Waals surface area contributed by atoms with E-state index >= 15 is 0 Å². The lowest BCUT2D eigenvalue weighted by molar-refractivity contribution is -0.136. The smallest absolute Gasteiger partial charge is 0.348 e. The third-order valence-electron chi connectivity index (χ3n) is 3.51. The summed E-state index contributed by atoms with van der Waals surface area (Å²) in [6, 6.07) is 0. The molecular weight excluding hydrogens is 248 g/mol. The first kappa shape index (κ1) is 13.7. The molecule has 0 spiro atoms. The van der Waals surface area contributed by atoms with Crippen LogP contribution in [0.2, 0.25) is 0 Å². The van der Waals surface area contributed by atoms with E-state index in [-0.39, 0.29) is 18.2 Å². The molecule has 1 aliphatic heterocycles. The van der Waals surface area contributed by atoms with Crippen molar-refractivity contribution in [2.45, 2.75) is 45.8 Å². The summed E-state index contributed by atoms with van der Waals surface area (Å²) < 4.78 is 7.04. The lowest BCUT2D eigenvalue weighted by Crippen LogP contribution is -2.32. The number of carboxylic acids is 1. The molecule has 0 bridgehead atoms. The Hall–Kier alpha value is -1.69. The van der Waals surface area contributed by atoms with E-state index in [4.69, 9.17) is 9.84 Å². The van der Waals surface area contributed by atoms with Crippen LogP contribution in [0, 0.1) is 13.8 Å². The maximum atomic E-state index is 11.9. The molecule has 2 rings (SSSR count). The highest BCUT2D eigenvalue weighted by Crippen LogP contribution is 2.16. The average Bonchev–Trinajstić information content (AvgIpc) is 2.82. The molecule has 0 radical (unpaired) electrons. The fourth-order valence-electron chi connectivity index (χ4n) is 2.45. The third kappa shape index (κ3) is 3.01. The molecule has 1 atom stereocenters. The fraction of sp³-hybridized carbons (Fsp3) is 0.615. The summed E-state index contributed by atoms with van der Waals surface area (Å²) >= 11 is 0. The summed E-state index contributed by atoms with van der Waals surface area (Å²) in [4.78, 5) is 26.7. The number of aliphatic carboxylic acids is 1. The van der Waals surface area contributed by atoms with Crippen LogP contribution in [-0.2, 0) is 22.5 Å². The number of hydrogen-bond acceptors (Lipinski definition) is 4. The summed E-state index contributed by atoms with van der Waals surface area (Å²) in [6.45, 7) is 4.61. The van der Waals surface area contributed by atoms with E-state index in [1.807, 2.05) is 0 Å². The van der Waals surface area contributed by atoms with Crippen molar-refractivity contribution in [3.05, 3.63) is 27.4 Å². The van der Waals surface area contributed by atoms with Gasteiger partial charge in [-0.15, -0.1) is 0 Å². The quantitative estimate of drug-likeness (QED) is 0.866. The first-order chi connectivity index (χ1) is 8.99. The number of carboxylic acid groups (broad SMARTS) is 1. The minimum atomic E-state index is -0.921. The Labute approximate surface area is 111 Å². The predicted octanol–water partition coefficient (Wildman–Crippen LogP) is 0.666. The van der Waals surface area contributed by atoms with Gasteiger partial charge in [-0.3, -0.25) is 9.36 Å². The van der Waals surface area contributed by atoms with Crippen molar-refractivity contribution < 1.29 is 14.6 Å². The summed E-state index contributed by atoms with van der Waals surface area (Å²) in [6.07, 6.45) is 1.84. The van der Waals surface area contributed by atoms with Gasteiger partial charge in [-0.05, 0) is 26.7 Å². The molecular formula is C13H18N2O4. The van der Waals surface area contributed by atoms with Crippen molar-refractivity contribution in [2.75, 3.05) is 6.61 Å². The molecule has 1 aliphatic rings. The van der Waals surface area contributed by atoms with E-state index in [0.717, 1.165) is 19.4 Å². The van der Waals surface area contributed by atoms with Gasteiger partial charge in [0.25, 0.3) is 0 Å². The minimum Gasteiger partial charge on any atom is -0.481 e. The Morgan fingerprint density at radius 3 is 2.84 bits per heavy atom. The van der Waals surface area contributed by atoms with Gasteiger partial charge in [-0.25, -0.2) is 4.79 Å². The zero-order chi connectivity index (χ0) is 14.0. The molecule has 104 valence electrons. The highest BCUT2D eigenvalue weighted by Gasteiger charge is 2.20. The lowest BCUT2D eigenvalue weighted by Gasteiger charge is -2.17. The molecule has 0 aromatic carbocycles. The van der Waals surface area contributed by atoms with Gasteiger partial charge < -0.3 is 9.84 Å². The molecule has 1 unspecified atom stereocenters.